The van der Waals surface area contributed by atoms with Crippen molar-refractivity contribution in [1.82, 2.24) is 9.88 Å². The van der Waals surface area contributed by atoms with Gasteiger partial charge < -0.3 is 9.64 Å². The van der Waals surface area contributed by atoms with E-state index in [0.717, 1.165) is 29.6 Å². The first-order valence-electron chi connectivity index (χ1n) is 6.94. The molecule has 0 spiro atoms. The molecule has 1 aliphatic heterocycles. The summed E-state index contributed by atoms with van der Waals surface area (Å²) in [4.78, 5) is 18.2. The molecule has 1 fully saturated rings. The third-order valence-corrected chi connectivity index (χ3v) is 5.22. The first kappa shape index (κ1) is 15.6. The molecule has 0 radical (unpaired) electrons. The zero-order valence-corrected chi connectivity index (χ0v) is 13.9. The van der Waals surface area contributed by atoms with Crippen LogP contribution in [0.15, 0.2) is 15.9 Å². The Labute approximate surface area is 128 Å². The van der Waals surface area contributed by atoms with Crippen LogP contribution >= 0.6 is 23.1 Å². The largest absolute Gasteiger partial charge is 0.444 e. The van der Waals surface area contributed by atoms with Crippen molar-refractivity contribution in [2.75, 3.05) is 18.8 Å². The van der Waals surface area contributed by atoms with E-state index in [2.05, 4.69) is 4.98 Å². The molecule has 0 unspecified atom stereocenters. The molecule has 112 valence electrons. The van der Waals surface area contributed by atoms with Gasteiger partial charge in [-0.15, -0.1) is 11.3 Å². The molecular weight excluding hydrogens is 292 g/mol. The highest BCUT2D eigenvalue weighted by molar-refractivity contribution is 8.01. The molecule has 0 bridgehead atoms. The third-order valence-electron chi connectivity index (χ3n) is 3.02. The van der Waals surface area contributed by atoms with Crippen LogP contribution in [0.2, 0.25) is 0 Å². The van der Waals surface area contributed by atoms with E-state index in [0.29, 0.717) is 5.92 Å². The molecule has 1 amide bonds. The zero-order valence-electron chi connectivity index (χ0n) is 12.3. The van der Waals surface area contributed by atoms with Gasteiger partial charge in [-0.3, -0.25) is 0 Å². The number of carbonyl (C=O) groups excluding carboxylic acids is 1. The van der Waals surface area contributed by atoms with Crippen LogP contribution in [0.1, 0.15) is 33.6 Å². The predicted molar refractivity (Wildman–Crippen MR) is 83.4 cm³/mol. The Morgan fingerprint density at radius 3 is 3.05 bits per heavy atom. The monoisotopic (exact) mass is 314 g/mol. The fourth-order valence-electron chi connectivity index (χ4n) is 2.16. The lowest BCUT2D eigenvalue weighted by atomic mass is 10.0. The number of thioether (sulfide) groups is 1. The van der Waals surface area contributed by atoms with Crippen LogP contribution in [0.25, 0.3) is 0 Å². The standard InChI is InChI=1S/C14H22N2O2S2/c1-14(2,3)18-13(17)16-7-4-5-11(9-16)10-20-12-15-6-8-19-12/h6,8,11H,4-5,7,9-10H2,1-3H3/t11-/m0/s1. The quantitative estimate of drug-likeness (QED) is 0.794. The van der Waals surface area contributed by atoms with Crippen molar-refractivity contribution < 1.29 is 9.53 Å². The van der Waals surface area contributed by atoms with E-state index in [-0.39, 0.29) is 6.09 Å². The maximum atomic E-state index is 12.1. The van der Waals surface area contributed by atoms with Crippen molar-refractivity contribution in [3.63, 3.8) is 0 Å². The van der Waals surface area contributed by atoms with Gasteiger partial charge >= 0.3 is 6.09 Å². The summed E-state index contributed by atoms with van der Waals surface area (Å²) in [6, 6.07) is 0. The molecule has 0 aliphatic carbocycles. The molecular formula is C14H22N2O2S2. The molecule has 6 heteroatoms. The lowest BCUT2D eigenvalue weighted by molar-refractivity contribution is 0.0177. The van der Waals surface area contributed by atoms with Gasteiger partial charge in [0.25, 0.3) is 0 Å². The van der Waals surface area contributed by atoms with E-state index in [1.807, 2.05) is 37.2 Å². The summed E-state index contributed by atoms with van der Waals surface area (Å²) in [6.45, 7) is 7.33. The SMILES string of the molecule is CC(C)(C)OC(=O)N1CCC[C@H](CSc2nccs2)C1. The first-order chi connectivity index (χ1) is 9.44. The maximum Gasteiger partial charge on any atom is 0.410 e. The summed E-state index contributed by atoms with van der Waals surface area (Å²) in [6.07, 6.45) is 3.89. The number of hydrogen-bond acceptors (Lipinski definition) is 5. The van der Waals surface area contributed by atoms with Gasteiger partial charge in [0.2, 0.25) is 0 Å². The summed E-state index contributed by atoms with van der Waals surface area (Å²) in [7, 11) is 0. The zero-order chi connectivity index (χ0) is 14.6. The van der Waals surface area contributed by atoms with Gasteiger partial charge in [-0.2, -0.15) is 0 Å². The summed E-state index contributed by atoms with van der Waals surface area (Å²) in [5.41, 5.74) is -0.417. The minimum Gasteiger partial charge on any atom is -0.444 e. The average molecular weight is 314 g/mol. The molecule has 4 nitrogen and oxygen atoms in total. The Morgan fingerprint density at radius 1 is 1.60 bits per heavy atom. The fraction of sp³-hybridized carbons (Fsp3) is 0.714. The molecule has 1 aromatic heterocycles. The summed E-state index contributed by atoms with van der Waals surface area (Å²) in [5, 5.41) is 2.00. The highest BCUT2D eigenvalue weighted by atomic mass is 32.2. The van der Waals surface area contributed by atoms with E-state index < -0.39 is 5.60 Å². The third kappa shape index (κ3) is 4.98. The Balaban J connectivity index is 1.80. The molecule has 0 N–H and O–H groups in total. The summed E-state index contributed by atoms with van der Waals surface area (Å²) >= 11 is 3.46. The van der Waals surface area contributed by atoms with Crippen molar-refractivity contribution in [2.45, 2.75) is 43.6 Å². The molecule has 1 saturated heterocycles. The number of rotatable bonds is 3. The van der Waals surface area contributed by atoms with E-state index >= 15 is 0 Å². The van der Waals surface area contributed by atoms with E-state index in [4.69, 9.17) is 4.74 Å². The van der Waals surface area contributed by atoms with Crippen molar-refractivity contribution in [2.24, 2.45) is 5.92 Å². The lowest BCUT2D eigenvalue weighted by Crippen LogP contribution is -2.43. The van der Waals surface area contributed by atoms with E-state index in [9.17, 15) is 4.79 Å². The minimum absolute atomic E-state index is 0.179. The van der Waals surface area contributed by atoms with Crippen LogP contribution in [0, 0.1) is 5.92 Å². The summed E-state index contributed by atoms with van der Waals surface area (Å²) < 4.78 is 6.56. The summed E-state index contributed by atoms with van der Waals surface area (Å²) in [5.74, 6) is 1.55. The van der Waals surface area contributed by atoms with Gasteiger partial charge in [0.1, 0.15) is 9.94 Å². The second kappa shape index (κ2) is 6.80. The number of ether oxygens (including phenoxy) is 1. The number of amides is 1. The van der Waals surface area contributed by atoms with Gasteiger partial charge in [-0.25, -0.2) is 9.78 Å². The van der Waals surface area contributed by atoms with E-state index in [1.54, 1.807) is 23.1 Å². The number of hydrogen-bond donors (Lipinski definition) is 0. The number of aromatic nitrogens is 1. The second-order valence-electron chi connectivity index (χ2n) is 6.04. The Bertz CT molecular complexity index is 429. The topological polar surface area (TPSA) is 42.4 Å². The smallest absolute Gasteiger partial charge is 0.410 e. The van der Waals surface area contributed by atoms with Crippen LogP contribution in [-0.4, -0.2) is 40.4 Å². The van der Waals surface area contributed by atoms with Crippen molar-refractivity contribution >= 4 is 29.2 Å². The Morgan fingerprint density at radius 2 is 2.40 bits per heavy atom. The van der Waals surface area contributed by atoms with Gasteiger partial charge in [-0.05, 0) is 39.5 Å². The van der Waals surface area contributed by atoms with Gasteiger partial charge in [-0.1, -0.05) is 11.8 Å². The molecule has 1 aliphatic rings. The van der Waals surface area contributed by atoms with Crippen LogP contribution in [0.5, 0.6) is 0 Å². The molecule has 1 aromatic rings. The number of carbonyl (C=O) groups is 1. The number of thiazole rings is 1. The molecule has 1 atom stereocenters. The fourth-order valence-corrected chi connectivity index (χ4v) is 3.95. The molecule has 2 rings (SSSR count). The van der Waals surface area contributed by atoms with Gasteiger partial charge in [0.15, 0.2) is 0 Å². The van der Waals surface area contributed by atoms with Gasteiger partial charge in [0.05, 0.1) is 0 Å². The lowest BCUT2D eigenvalue weighted by Gasteiger charge is -2.33. The highest BCUT2D eigenvalue weighted by Crippen LogP contribution is 2.27. The van der Waals surface area contributed by atoms with Crippen LogP contribution in [0.4, 0.5) is 4.79 Å². The minimum atomic E-state index is -0.417. The van der Waals surface area contributed by atoms with E-state index in [1.165, 1.54) is 6.42 Å². The van der Waals surface area contributed by atoms with Crippen LogP contribution in [0.3, 0.4) is 0 Å². The normalized spacial score (nSPS) is 19.9. The number of piperidine rings is 1. The van der Waals surface area contributed by atoms with Crippen molar-refractivity contribution in [3.05, 3.63) is 11.6 Å². The van der Waals surface area contributed by atoms with Crippen LogP contribution in [-0.2, 0) is 4.74 Å². The van der Waals surface area contributed by atoms with Gasteiger partial charge in [0, 0.05) is 30.4 Å². The van der Waals surface area contributed by atoms with Crippen molar-refractivity contribution in [3.8, 4) is 0 Å². The maximum absolute atomic E-state index is 12.1. The average Bonchev–Trinajstić information content (AvgIpc) is 2.88. The first-order valence-corrected chi connectivity index (χ1v) is 8.81. The second-order valence-corrected chi connectivity index (χ2v) is 8.21. The Hall–Kier alpha value is -0.750. The molecule has 2 heterocycles. The van der Waals surface area contributed by atoms with Crippen molar-refractivity contribution in [1.29, 1.82) is 0 Å². The Kier molecular flexibility index (Phi) is 5.32. The molecule has 0 saturated carbocycles. The predicted octanol–water partition coefficient (Wildman–Crippen LogP) is 3.88. The number of likely N-dealkylation sites (tertiary alicyclic amines) is 1. The molecule has 0 aromatic carbocycles. The highest BCUT2D eigenvalue weighted by Gasteiger charge is 2.27. The number of nitrogens with zero attached hydrogens (tertiary/aromatic N) is 2. The van der Waals surface area contributed by atoms with Crippen LogP contribution < -0.4 is 0 Å². The molecule has 20 heavy (non-hydrogen) atoms.